The van der Waals surface area contributed by atoms with Crippen molar-refractivity contribution in [1.82, 2.24) is 10.2 Å². The minimum atomic E-state index is -0.753. The summed E-state index contributed by atoms with van der Waals surface area (Å²) in [5, 5.41) is 2.83. The molecule has 0 aliphatic carbocycles. The van der Waals surface area contributed by atoms with Crippen LogP contribution in [0, 0.1) is 5.92 Å². The maximum Gasteiger partial charge on any atom is 0.328 e. The number of hydrogen-bond acceptors (Lipinski definition) is 5. The van der Waals surface area contributed by atoms with E-state index < -0.39 is 24.1 Å². The summed E-state index contributed by atoms with van der Waals surface area (Å²) < 4.78 is 4.83. The monoisotopic (exact) mass is 389 g/mol. The van der Waals surface area contributed by atoms with Crippen molar-refractivity contribution in [3.8, 4) is 0 Å². The molecule has 1 fully saturated rings. The van der Waals surface area contributed by atoms with Crippen LogP contribution < -0.4 is 11.1 Å². The number of amides is 2. The Hall–Kier alpha value is -2.41. The zero-order valence-electron chi connectivity index (χ0n) is 16.9. The van der Waals surface area contributed by atoms with Crippen LogP contribution in [0.3, 0.4) is 0 Å². The minimum absolute atomic E-state index is 0.0840. The van der Waals surface area contributed by atoms with Gasteiger partial charge < -0.3 is 20.7 Å². The fourth-order valence-corrected chi connectivity index (χ4v) is 3.49. The van der Waals surface area contributed by atoms with Crippen molar-refractivity contribution in [1.29, 1.82) is 0 Å². The number of nitrogens with two attached hydrogens (primary N) is 1. The van der Waals surface area contributed by atoms with Gasteiger partial charge in [-0.15, -0.1) is 0 Å². The third-order valence-electron chi connectivity index (χ3n) is 5.42. The number of likely N-dealkylation sites (tertiary alicyclic amines) is 1. The maximum absolute atomic E-state index is 13.2. The van der Waals surface area contributed by atoms with Crippen LogP contribution >= 0.6 is 0 Å². The van der Waals surface area contributed by atoms with Crippen molar-refractivity contribution < 1.29 is 19.1 Å². The van der Waals surface area contributed by atoms with Gasteiger partial charge in [-0.25, -0.2) is 4.79 Å². The van der Waals surface area contributed by atoms with Crippen LogP contribution in [-0.4, -0.2) is 54.5 Å². The summed E-state index contributed by atoms with van der Waals surface area (Å²) in [5.41, 5.74) is 7.04. The highest BCUT2D eigenvalue weighted by Gasteiger charge is 2.39. The van der Waals surface area contributed by atoms with Crippen LogP contribution in [0.25, 0.3) is 0 Å². The summed E-state index contributed by atoms with van der Waals surface area (Å²) in [7, 11) is 1.32. The molecule has 1 saturated heterocycles. The number of ether oxygens (including phenoxy) is 1. The molecule has 1 aliphatic rings. The predicted octanol–water partition coefficient (Wildman–Crippen LogP) is 1.25. The summed E-state index contributed by atoms with van der Waals surface area (Å²) in [6.45, 7) is 4.36. The molecule has 2 amide bonds. The second-order valence-corrected chi connectivity index (χ2v) is 7.38. The van der Waals surface area contributed by atoms with Gasteiger partial charge in [0.05, 0.1) is 13.2 Å². The van der Waals surface area contributed by atoms with Crippen LogP contribution in [0.5, 0.6) is 0 Å². The van der Waals surface area contributed by atoms with Gasteiger partial charge in [0.1, 0.15) is 12.1 Å². The molecule has 7 nitrogen and oxygen atoms in total. The fourth-order valence-electron chi connectivity index (χ4n) is 3.49. The van der Waals surface area contributed by atoms with Gasteiger partial charge in [0.15, 0.2) is 0 Å². The smallest absolute Gasteiger partial charge is 0.328 e. The molecule has 0 aromatic heterocycles. The normalized spacial score (nSPS) is 19.6. The number of hydrogen-bond donors (Lipinski definition) is 2. The standard InChI is InChI=1S/C21H31N3O4/c1-4-14(2)18(20(26)24-12-8-11-17(24)21(27)28-3)23-19(25)16(22)13-15-9-6-5-7-10-15/h5-7,9-10,14,16-18H,4,8,11-13,22H2,1-3H3,(H,23,25)/t14-,16-,17-,18-/m0/s1. The Morgan fingerprint density at radius 3 is 2.57 bits per heavy atom. The third-order valence-corrected chi connectivity index (χ3v) is 5.42. The molecule has 0 bridgehead atoms. The summed E-state index contributed by atoms with van der Waals surface area (Å²) in [4.78, 5) is 39.4. The predicted molar refractivity (Wildman–Crippen MR) is 106 cm³/mol. The second-order valence-electron chi connectivity index (χ2n) is 7.38. The highest BCUT2D eigenvalue weighted by Crippen LogP contribution is 2.22. The summed E-state index contributed by atoms with van der Waals surface area (Å²) >= 11 is 0. The zero-order chi connectivity index (χ0) is 20.7. The van der Waals surface area contributed by atoms with Gasteiger partial charge in [-0.1, -0.05) is 50.6 Å². The van der Waals surface area contributed by atoms with Gasteiger partial charge in [-0.2, -0.15) is 0 Å². The number of carbonyl (C=O) groups is 3. The lowest BCUT2D eigenvalue weighted by molar-refractivity contribution is -0.152. The van der Waals surface area contributed by atoms with Gasteiger partial charge in [0, 0.05) is 6.54 Å². The summed E-state index contributed by atoms with van der Waals surface area (Å²) in [5.74, 6) is -1.11. The zero-order valence-corrected chi connectivity index (χ0v) is 16.9. The van der Waals surface area contributed by atoms with Crippen molar-refractivity contribution in [2.45, 2.75) is 57.7 Å². The molecule has 3 N–H and O–H groups in total. The molecule has 154 valence electrons. The second kappa shape index (κ2) is 10.2. The van der Waals surface area contributed by atoms with E-state index in [0.29, 0.717) is 25.8 Å². The highest BCUT2D eigenvalue weighted by molar-refractivity contribution is 5.92. The molecule has 1 aromatic rings. The third kappa shape index (κ3) is 5.32. The molecule has 28 heavy (non-hydrogen) atoms. The van der Waals surface area contributed by atoms with Crippen molar-refractivity contribution in [3.05, 3.63) is 35.9 Å². The van der Waals surface area contributed by atoms with E-state index in [4.69, 9.17) is 10.5 Å². The van der Waals surface area contributed by atoms with Gasteiger partial charge >= 0.3 is 5.97 Å². The average molecular weight is 389 g/mol. The number of nitrogens with one attached hydrogen (secondary N) is 1. The number of esters is 1. The molecular weight excluding hydrogens is 358 g/mol. The lowest BCUT2D eigenvalue weighted by atomic mass is 9.96. The molecule has 0 spiro atoms. The fraction of sp³-hybridized carbons (Fsp3) is 0.571. The van der Waals surface area contributed by atoms with Gasteiger partial charge in [-0.3, -0.25) is 9.59 Å². The Morgan fingerprint density at radius 1 is 1.29 bits per heavy atom. The summed E-state index contributed by atoms with van der Waals surface area (Å²) in [6.07, 6.45) is 2.41. The van der Waals surface area contributed by atoms with Crippen molar-refractivity contribution in [2.75, 3.05) is 13.7 Å². The Kier molecular flexibility index (Phi) is 7.99. The lowest BCUT2D eigenvalue weighted by Gasteiger charge is -2.31. The van der Waals surface area contributed by atoms with Crippen molar-refractivity contribution >= 4 is 17.8 Å². The average Bonchev–Trinajstić information content (AvgIpc) is 3.20. The summed E-state index contributed by atoms with van der Waals surface area (Å²) in [6, 6.07) is 7.46. The van der Waals surface area contributed by atoms with E-state index in [1.165, 1.54) is 12.0 Å². The Labute approximate surface area is 166 Å². The first-order valence-electron chi connectivity index (χ1n) is 9.87. The molecule has 4 atom stereocenters. The maximum atomic E-state index is 13.2. The molecule has 1 heterocycles. The Morgan fingerprint density at radius 2 is 1.96 bits per heavy atom. The van der Waals surface area contributed by atoms with E-state index in [9.17, 15) is 14.4 Å². The van der Waals surface area contributed by atoms with Gasteiger partial charge in [0.2, 0.25) is 11.8 Å². The molecule has 0 unspecified atom stereocenters. The first kappa shape index (κ1) is 21.9. The van der Waals surface area contributed by atoms with Crippen LogP contribution in [-0.2, 0) is 25.5 Å². The first-order valence-corrected chi connectivity index (χ1v) is 9.87. The molecular formula is C21H31N3O4. The molecule has 7 heteroatoms. The molecule has 1 aromatic carbocycles. The van der Waals surface area contributed by atoms with Crippen LogP contribution in [0.1, 0.15) is 38.7 Å². The van der Waals surface area contributed by atoms with Crippen molar-refractivity contribution in [2.24, 2.45) is 11.7 Å². The Balaban J connectivity index is 2.09. The van der Waals surface area contributed by atoms with E-state index >= 15 is 0 Å². The first-order chi connectivity index (χ1) is 13.4. The van der Waals surface area contributed by atoms with Crippen LogP contribution in [0.15, 0.2) is 30.3 Å². The quantitative estimate of drug-likeness (QED) is 0.652. The molecule has 1 aliphatic heterocycles. The molecule has 2 rings (SSSR count). The highest BCUT2D eigenvalue weighted by atomic mass is 16.5. The number of rotatable bonds is 8. The minimum Gasteiger partial charge on any atom is -0.467 e. The van der Waals surface area contributed by atoms with Crippen molar-refractivity contribution in [3.63, 3.8) is 0 Å². The van der Waals surface area contributed by atoms with Gasteiger partial charge in [-0.05, 0) is 30.7 Å². The number of nitrogens with zero attached hydrogens (tertiary/aromatic N) is 1. The number of methoxy groups -OCH3 is 1. The number of carbonyl (C=O) groups excluding carboxylic acids is 3. The van der Waals surface area contributed by atoms with Crippen LogP contribution in [0.2, 0.25) is 0 Å². The van der Waals surface area contributed by atoms with E-state index in [-0.39, 0.29) is 17.7 Å². The largest absolute Gasteiger partial charge is 0.467 e. The number of benzene rings is 1. The Bertz CT molecular complexity index is 679. The molecule has 0 saturated carbocycles. The molecule has 0 radical (unpaired) electrons. The van der Waals surface area contributed by atoms with E-state index in [0.717, 1.165) is 12.0 Å². The van der Waals surface area contributed by atoms with E-state index in [1.54, 1.807) is 0 Å². The van der Waals surface area contributed by atoms with Crippen LogP contribution in [0.4, 0.5) is 0 Å². The van der Waals surface area contributed by atoms with E-state index in [1.807, 2.05) is 44.2 Å². The topological polar surface area (TPSA) is 102 Å². The lowest BCUT2D eigenvalue weighted by Crippen LogP contribution is -2.57. The SMILES string of the molecule is CC[C@H](C)[C@H](NC(=O)[C@@H](N)Cc1ccccc1)C(=O)N1CCC[C@H]1C(=O)OC. The van der Waals surface area contributed by atoms with E-state index in [2.05, 4.69) is 5.32 Å². The van der Waals surface area contributed by atoms with Gasteiger partial charge in [0.25, 0.3) is 0 Å².